The van der Waals surface area contributed by atoms with Crippen LogP contribution >= 0.6 is 0 Å². The monoisotopic (exact) mass is 264 g/mol. The first kappa shape index (κ1) is 14.3. The molecule has 1 heterocycles. The average molecular weight is 264 g/mol. The van der Waals surface area contributed by atoms with Crippen molar-refractivity contribution in [1.82, 2.24) is 5.43 Å². The van der Waals surface area contributed by atoms with Gasteiger partial charge in [-0.25, -0.2) is 0 Å². The average Bonchev–Trinajstić information content (AvgIpc) is 2.78. The Hall–Kier alpha value is -1.10. The highest BCUT2D eigenvalue weighted by atomic mass is 16.5. The van der Waals surface area contributed by atoms with Gasteiger partial charge in [-0.3, -0.25) is 11.3 Å². The molecule has 0 spiro atoms. The maximum atomic E-state index is 5.96. The SMILES string of the molecule is COc1cc(C)cc(C)c1C(NN)C1CCC(C)O1. The molecule has 1 fully saturated rings. The summed E-state index contributed by atoms with van der Waals surface area (Å²) in [6.07, 6.45) is 2.51. The molecule has 1 aliphatic rings. The minimum absolute atomic E-state index is 0.0273. The van der Waals surface area contributed by atoms with Crippen LogP contribution in [0.5, 0.6) is 5.75 Å². The van der Waals surface area contributed by atoms with E-state index in [-0.39, 0.29) is 12.1 Å². The lowest BCUT2D eigenvalue weighted by atomic mass is 9.93. The topological polar surface area (TPSA) is 56.5 Å². The summed E-state index contributed by atoms with van der Waals surface area (Å²) >= 11 is 0. The Morgan fingerprint density at radius 3 is 2.63 bits per heavy atom. The molecule has 2 rings (SSSR count). The van der Waals surface area contributed by atoms with Gasteiger partial charge in [0, 0.05) is 5.56 Å². The summed E-state index contributed by atoms with van der Waals surface area (Å²) in [6.45, 7) is 6.26. The molecule has 0 aliphatic carbocycles. The molecule has 3 unspecified atom stereocenters. The largest absolute Gasteiger partial charge is 0.496 e. The lowest BCUT2D eigenvalue weighted by molar-refractivity contribution is 0.0309. The molecular weight excluding hydrogens is 240 g/mol. The van der Waals surface area contributed by atoms with E-state index in [0.717, 1.165) is 24.2 Å². The lowest BCUT2D eigenvalue weighted by Gasteiger charge is -2.26. The molecule has 106 valence electrons. The number of nitrogens with one attached hydrogen (secondary N) is 1. The Kier molecular flexibility index (Phi) is 4.45. The number of aryl methyl sites for hydroxylation is 2. The smallest absolute Gasteiger partial charge is 0.124 e. The van der Waals surface area contributed by atoms with Crippen molar-refractivity contribution in [2.24, 2.45) is 5.84 Å². The molecule has 1 saturated heterocycles. The highest BCUT2D eigenvalue weighted by Crippen LogP contribution is 2.36. The van der Waals surface area contributed by atoms with Crippen molar-refractivity contribution in [3.05, 3.63) is 28.8 Å². The molecule has 3 atom stereocenters. The maximum Gasteiger partial charge on any atom is 0.124 e. The van der Waals surface area contributed by atoms with Crippen molar-refractivity contribution in [3.8, 4) is 5.75 Å². The molecule has 0 aromatic heterocycles. The van der Waals surface area contributed by atoms with Crippen LogP contribution in [0, 0.1) is 13.8 Å². The fourth-order valence-electron chi connectivity index (χ4n) is 2.96. The molecule has 19 heavy (non-hydrogen) atoms. The fourth-order valence-corrected chi connectivity index (χ4v) is 2.96. The van der Waals surface area contributed by atoms with E-state index in [9.17, 15) is 0 Å². The molecule has 1 aromatic rings. The fraction of sp³-hybridized carbons (Fsp3) is 0.600. The van der Waals surface area contributed by atoms with E-state index >= 15 is 0 Å². The predicted molar refractivity (Wildman–Crippen MR) is 76.1 cm³/mol. The van der Waals surface area contributed by atoms with Gasteiger partial charge in [0.2, 0.25) is 0 Å². The summed E-state index contributed by atoms with van der Waals surface area (Å²) in [6, 6.07) is 4.17. The Labute approximate surface area is 115 Å². The number of nitrogens with two attached hydrogens (primary N) is 1. The Bertz CT molecular complexity index is 448. The zero-order chi connectivity index (χ0) is 14.0. The molecular formula is C15H24N2O2. The van der Waals surface area contributed by atoms with Gasteiger partial charge in [-0.2, -0.15) is 0 Å². The minimum atomic E-state index is -0.0273. The van der Waals surface area contributed by atoms with Gasteiger partial charge in [-0.05, 0) is 50.8 Å². The van der Waals surface area contributed by atoms with Gasteiger partial charge in [0.15, 0.2) is 0 Å². The van der Waals surface area contributed by atoms with Crippen LogP contribution < -0.4 is 16.0 Å². The van der Waals surface area contributed by atoms with Gasteiger partial charge in [-0.15, -0.1) is 0 Å². The summed E-state index contributed by atoms with van der Waals surface area (Å²) in [7, 11) is 1.70. The molecule has 0 amide bonds. The van der Waals surface area contributed by atoms with E-state index in [1.54, 1.807) is 7.11 Å². The molecule has 3 N–H and O–H groups in total. The predicted octanol–water partition coefficient (Wildman–Crippen LogP) is 2.38. The van der Waals surface area contributed by atoms with Crippen LogP contribution in [0.4, 0.5) is 0 Å². The molecule has 4 nitrogen and oxygen atoms in total. The third-order valence-corrected chi connectivity index (χ3v) is 3.84. The van der Waals surface area contributed by atoms with E-state index in [1.165, 1.54) is 11.1 Å². The minimum Gasteiger partial charge on any atom is -0.496 e. The number of benzene rings is 1. The second-order valence-corrected chi connectivity index (χ2v) is 5.40. The van der Waals surface area contributed by atoms with Crippen molar-refractivity contribution < 1.29 is 9.47 Å². The molecule has 0 bridgehead atoms. The number of hydrazine groups is 1. The third-order valence-electron chi connectivity index (χ3n) is 3.84. The van der Waals surface area contributed by atoms with Crippen molar-refractivity contribution in [3.63, 3.8) is 0 Å². The Morgan fingerprint density at radius 1 is 1.37 bits per heavy atom. The summed E-state index contributed by atoms with van der Waals surface area (Å²) in [5, 5.41) is 0. The van der Waals surface area contributed by atoms with E-state index in [4.69, 9.17) is 15.3 Å². The van der Waals surface area contributed by atoms with Crippen LogP contribution in [0.15, 0.2) is 12.1 Å². The lowest BCUT2D eigenvalue weighted by Crippen LogP contribution is -2.37. The zero-order valence-electron chi connectivity index (χ0n) is 12.2. The number of hydrogen-bond acceptors (Lipinski definition) is 4. The first-order valence-electron chi connectivity index (χ1n) is 6.83. The summed E-state index contributed by atoms with van der Waals surface area (Å²) in [5.74, 6) is 6.65. The summed E-state index contributed by atoms with van der Waals surface area (Å²) in [5.41, 5.74) is 6.39. The summed E-state index contributed by atoms with van der Waals surface area (Å²) in [4.78, 5) is 0. The van der Waals surface area contributed by atoms with E-state index in [2.05, 4.69) is 32.3 Å². The molecule has 1 aromatic carbocycles. The van der Waals surface area contributed by atoms with Crippen LogP contribution in [-0.4, -0.2) is 19.3 Å². The van der Waals surface area contributed by atoms with Gasteiger partial charge in [0.25, 0.3) is 0 Å². The Balaban J connectivity index is 2.37. The van der Waals surface area contributed by atoms with Crippen LogP contribution in [0.1, 0.15) is 42.5 Å². The first-order valence-corrected chi connectivity index (χ1v) is 6.83. The van der Waals surface area contributed by atoms with Crippen molar-refractivity contribution >= 4 is 0 Å². The van der Waals surface area contributed by atoms with E-state index in [1.807, 2.05) is 6.07 Å². The van der Waals surface area contributed by atoms with Gasteiger partial charge in [-0.1, -0.05) is 6.07 Å². The normalized spacial score (nSPS) is 24.5. The maximum absolute atomic E-state index is 5.96. The van der Waals surface area contributed by atoms with Crippen molar-refractivity contribution in [2.75, 3.05) is 7.11 Å². The van der Waals surface area contributed by atoms with Crippen LogP contribution in [-0.2, 0) is 4.74 Å². The van der Waals surface area contributed by atoms with Crippen LogP contribution in [0.3, 0.4) is 0 Å². The van der Waals surface area contributed by atoms with Gasteiger partial charge in [0.05, 0.1) is 25.4 Å². The highest BCUT2D eigenvalue weighted by Gasteiger charge is 2.32. The van der Waals surface area contributed by atoms with Crippen LogP contribution in [0.25, 0.3) is 0 Å². The number of ether oxygens (including phenoxy) is 2. The number of rotatable bonds is 4. The first-order chi connectivity index (χ1) is 9.06. The van der Waals surface area contributed by atoms with Crippen molar-refractivity contribution in [1.29, 1.82) is 0 Å². The van der Waals surface area contributed by atoms with Crippen molar-refractivity contribution in [2.45, 2.75) is 51.9 Å². The van der Waals surface area contributed by atoms with E-state index in [0.29, 0.717) is 6.10 Å². The quantitative estimate of drug-likeness (QED) is 0.647. The van der Waals surface area contributed by atoms with Gasteiger partial charge >= 0.3 is 0 Å². The second-order valence-electron chi connectivity index (χ2n) is 5.40. The molecule has 4 heteroatoms. The molecule has 0 saturated carbocycles. The standard InChI is InChI=1S/C15H24N2O2/c1-9-7-10(2)14(13(8-9)18-4)15(17-16)12-6-5-11(3)19-12/h7-8,11-12,15,17H,5-6,16H2,1-4H3. The number of hydrogen-bond donors (Lipinski definition) is 2. The van der Waals surface area contributed by atoms with Gasteiger partial charge in [0.1, 0.15) is 5.75 Å². The summed E-state index contributed by atoms with van der Waals surface area (Å²) < 4.78 is 11.5. The Morgan fingerprint density at radius 2 is 2.11 bits per heavy atom. The third kappa shape index (κ3) is 2.91. The van der Waals surface area contributed by atoms with Gasteiger partial charge < -0.3 is 9.47 Å². The number of methoxy groups -OCH3 is 1. The molecule has 0 radical (unpaired) electrons. The second kappa shape index (κ2) is 5.90. The molecule has 1 aliphatic heterocycles. The van der Waals surface area contributed by atoms with Crippen LogP contribution in [0.2, 0.25) is 0 Å². The highest BCUT2D eigenvalue weighted by molar-refractivity contribution is 5.45. The zero-order valence-corrected chi connectivity index (χ0v) is 12.2. The van der Waals surface area contributed by atoms with E-state index < -0.39 is 0 Å².